The number of benzene rings is 2. The molecule has 7 nitrogen and oxygen atoms in total. The second kappa shape index (κ2) is 10.5. The van der Waals surface area contributed by atoms with Crippen molar-refractivity contribution >= 4 is 37.5 Å². The van der Waals surface area contributed by atoms with Crippen LogP contribution in [-0.4, -0.2) is 45.4 Å². The van der Waals surface area contributed by atoms with Crippen LogP contribution in [0.5, 0.6) is 11.5 Å². The fourth-order valence-corrected chi connectivity index (χ4v) is 5.66. The van der Waals surface area contributed by atoms with Crippen molar-refractivity contribution in [1.29, 1.82) is 0 Å². The van der Waals surface area contributed by atoms with Gasteiger partial charge in [0.1, 0.15) is 11.5 Å². The summed E-state index contributed by atoms with van der Waals surface area (Å²) in [6.07, 6.45) is 4.47. The lowest BCUT2D eigenvalue weighted by molar-refractivity contribution is -0.116. The third-order valence-electron chi connectivity index (χ3n) is 5.38. The number of nitrogens with zero attached hydrogens (tertiary/aromatic N) is 1. The molecule has 9 heteroatoms. The Morgan fingerprint density at radius 1 is 1.06 bits per heavy atom. The molecule has 0 radical (unpaired) electrons. The number of sulfonamides is 1. The first-order valence-electron chi connectivity index (χ1n) is 10.1. The summed E-state index contributed by atoms with van der Waals surface area (Å²) < 4.78 is 39.5. The van der Waals surface area contributed by atoms with Crippen LogP contribution in [0.1, 0.15) is 32.1 Å². The Hall–Kier alpha value is -2.10. The summed E-state index contributed by atoms with van der Waals surface area (Å²) in [6.45, 7) is -0.266. The predicted molar refractivity (Wildman–Crippen MR) is 123 cm³/mol. The summed E-state index contributed by atoms with van der Waals surface area (Å²) in [6, 6.07) is 11.3. The van der Waals surface area contributed by atoms with E-state index in [2.05, 4.69) is 21.2 Å². The Morgan fingerprint density at radius 3 is 2.35 bits per heavy atom. The van der Waals surface area contributed by atoms with Gasteiger partial charge in [-0.2, -0.15) is 4.31 Å². The maximum Gasteiger partial charge on any atom is 0.243 e. The van der Waals surface area contributed by atoms with Crippen LogP contribution in [0.25, 0.3) is 0 Å². The second-order valence-electron chi connectivity index (χ2n) is 7.41. The maximum absolute atomic E-state index is 13.4. The van der Waals surface area contributed by atoms with Gasteiger partial charge >= 0.3 is 0 Å². The van der Waals surface area contributed by atoms with Gasteiger partial charge in [-0.05, 0) is 49.2 Å². The molecule has 168 valence electrons. The van der Waals surface area contributed by atoms with Crippen molar-refractivity contribution in [3.63, 3.8) is 0 Å². The van der Waals surface area contributed by atoms with Gasteiger partial charge < -0.3 is 14.8 Å². The van der Waals surface area contributed by atoms with Crippen LogP contribution in [0.15, 0.2) is 51.8 Å². The first kappa shape index (κ1) is 23.6. The number of carbonyl (C=O) groups excluding carboxylic acids is 1. The molecule has 0 spiro atoms. The van der Waals surface area contributed by atoms with Crippen molar-refractivity contribution in [3.05, 3.63) is 46.9 Å². The first-order chi connectivity index (χ1) is 14.8. The zero-order valence-electron chi connectivity index (χ0n) is 17.6. The summed E-state index contributed by atoms with van der Waals surface area (Å²) in [5.41, 5.74) is 0.456. The van der Waals surface area contributed by atoms with Crippen LogP contribution in [0.4, 0.5) is 5.69 Å². The summed E-state index contributed by atoms with van der Waals surface area (Å²) in [5, 5.41) is 2.78. The number of halogens is 1. The molecule has 0 atom stereocenters. The molecule has 0 aliphatic heterocycles. The van der Waals surface area contributed by atoms with E-state index in [0.29, 0.717) is 17.2 Å². The minimum absolute atomic E-state index is 0.177. The number of hydrogen-bond donors (Lipinski definition) is 1. The Kier molecular flexibility index (Phi) is 7.96. The van der Waals surface area contributed by atoms with E-state index < -0.39 is 15.9 Å². The van der Waals surface area contributed by atoms with Crippen molar-refractivity contribution in [3.8, 4) is 11.5 Å². The van der Waals surface area contributed by atoms with E-state index in [9.17, 15) is 13.2 Å². The largest absolute Gasteiger partial charge is 0.497 e. The quantitative estimate of drug-likeness (QED) is 0.567. The molecule has 1 fully saturated rings. The van der Waals surface area contributed by atoms with E-state index in [1.165, 1.54) is 11.4 Å². The van der Waals surface area contributed by atoms with E-state index in [1.807, 2.05) is 0 Å². The molecule has 0 heterocycles. The normalized spacial score (nSPS) is 15.0. The zero-order chi connectivity index (χ0) is 22.4. The van der Waals surface area contributed by atoms with Gasteiger partial charge in [0.05, 0.1) is 31.3 Å². The molecule has 1 amide bonds. The number of hydrogen-bond acceptors (Lipinski definition) is 5. The standard InChI is InChI=1S/C22H27BrN2O5S/c1-29-18-10-13-20(21(14-18)30-2)24-22(26)15-25(17-6-4-3-5-7-17)31(27,28)19-11-8-16(23)9-12-19/h8-14,17H,3-7,15H2,1-2H3,(H,24,26). The molecular weight excluding hydrogens is 484 g/mol. The van der Waals surface area contributed by atoms with Gasteiger partial charge in [0, 0.05) is 16.6 Å². The fraction of sp³-hybridized carbons (Fsp3) is 0.409. The number of rotatable bonds is 8. The highest BCUT2D eigenvalue weighted by Gasteiger charge is 2.34. The molecule has 0 saturated heterocycles. The fourth-order valence-electron chi connectivity index (χ4n) is 3.75. The van der Waals surface area contributed by atoms with Gasteiger partial charge in [0.25, 0.3) is 0 Å². The van der Waals surface area contributed by atoms with E-state index in [1.54, 1.807) is 49.6 Å². The first-order valence-corrected chi connectivity index (χ1v) is 12.4. The van der Waals surface area contributed by atoms with Crippen molar-refractivity contribution in [2.75, 3.05) is 26.1 Å². The number of nitrogens with one attached hydrogen (secondary N) is 1. The molecule has 3 rings (SSSR count). The van der Waals surface area contributed by atoms with E-state index in [4.69, 9.17) is 9.47 Å². The molecule has 0 bridgehead atoms. The van der Waals surface area contributed by atoms with Crippen LogP contribution in [0.2, 0.25) is 0 Å². The molecule has 1 aliphatic carbocycles. The SMILES string of the molecule is COc1ccc(NC(=O)CN(C2CCCCC2)S(=O)(=O)c2ccc(Br)cc2)c(OC)c1. The molecular formula is C22H27BrN2O5S. The average Bonchev–Trinajstić information content (AvgIpc) is 2.78. The monoisotopic (exact) mass is 510 g/mol. The van der Waals surface area contributed by atoms with Gasteiger partial charge in [-0.1, -0.05) is 35.2 Å². The average molecular weight is 511 g/mol. The van der Waals surface area contributed by atoms with Crippen molar-refractivity contribution in [2.24, 2.45) is 0 Å². The zero-order valence-corrected chi connectivity index (χ0v) is 20.0. The van der Waals surface area contributed by atoms with E-state index in [0.717, 1.165) is 36.6 Å². The number of anilines is 1. The van der Waals surface area contributed by atoms with Crippen LogP contribution >= 0.6 is 15.9 Å². The predicted octanol–water partition coefficient (Wildman–Crippen LogP) is 4.43. The summed E-state index contributed by atoms with van der Waals surface area (Å²) in [5.74, 6) is 0.610. The molecule has 31 heavy (non-hydrogen) atoms. The molecule has 0 aromatic heterocycles. The summed E-state index contributed by atoms with van der Waals surface area (Å²) >= 11 is 3.33. The van der Waals surface area contributed by atoms with Gasteiger partial charge in [0.15, 0.2) is 0 Å². The van der Waals surface area contributed by atoms with Gasteiger partial charge in [-0.15, -0.1) is 0 Å². The maximum atomic E-state index is 13.4. The van der Waals surface area contributed by atoms with Crippen molar-refractivity contribution in [1.82, 2.24) is 4.31 Å². The minimum Gasteiger partial charge on any atom is -0.497 e. The number of amides is 1. The molecule has 0 unspecified atom stereocenters. The van der Waals surface area contributed by atoms with E-state index in [-0.39, 0.29) is 17.5 Å². The molecule has 1 aliphatic rings. The number of methoxy groups -OCH3 is 2. The topological polar surface area (TPSA) is 84.9 Å². The summed E-state index contributed by atoms with van der Waals surface area (Å²) in [4.78, 5) is 13.1. The summed E-state index contributed by atoms with van der Waals surface area (Å²) in [7, 11) is -0.790. The second-order valence-corrected chi connectivity index (χ2v) is 10.2. The van der Waals surface area contributed by atoms with E-state index >= 15 is 0 Å². The third kappa shape index (κ3) is 5.78. The highest BCUT2D eigenvalue weighted by atomic mass is 79.9. The molecule has 1 saturated carbocycles. The third-order valence-corrected chi connectivity index (χ3v) is 7.83. The molecule has 1 N–H and O–H groups in total. The lowest BCUT2D eigenvalue weighted by Gasteiger charge is -2.33. The van der Waals surface area contributed by atoms with Gasteiger partial charge in [0.2, 0.25) is 15.9 Å². The smallest absolute Gasteiger partial charge is 0.243 e. The molecule has 2 aromatic rings. The lowest BCUT2D eigenvalue weighted by Crippen LogP contribution is -2.45. The van der Waals surface area contributed by atoms with Gasteiger partial charge in [-0.3, -0.25) is 4.79 Å². The highest BCUT2D eigenvalue weighted by Crippen LogP contribution is 2.31. The molecule has 2 aromatic carbocycles. The van der Waals surface area contributed by atoms with Crippen molar-refractivity contribution < 1.29 is 22.7 Å². The lowest BCUT2D eigenvalue weighted by atomic mass is 9.95. The van der Waals surface area contributed by atoms with Crippen molar-refractivity contribution in [2.45, 2.75) is 43.0 Å². The number of ether oxygens (including phenoxy) is 2. The Bertz CT molecular complexity index is 1010. The van der Waals surface area contributed by atoms with Crippen LogP contribution in [0.3, 0.4) is 0 Å². The Balaban J connectivity index is 1.85. The minimum atomic E-state index is -3.83. The van der Waals surface area contributed by atoms with Crippen LogP contribution < -0.4 is 14.8 Å². The Labute approximate surface area is 191 Å². The van der Waals surface area contributed by atoms with Crippen LogP contribution in [-0.2, 0) is 14.8 Å². The number of carbonyl (C=O) groups is 1. The Morgan fingerprint density at radius 2 is 1.74 bits per heavy atom. The van der Waals surface area contributed by atoms with Gasteiger partial charge in [-0.25, -0.2) is 8.42 Å². The highest BCUT2D eigenvalue weighted by molar-refractivity contribution is 9.10. The van der Waals surface area contributed by atoms with Crippen LogP contribution in [0, 0.1) is 0 Å².